The van der Waals surface area contributed by atoms with Crippen LogP contribution in [0.3, 0.4) is 0 Å². The third-order valence-electron chi connectivity index (χ3n) is 7.31. The van der Waals surface area contributed by atoms with Gasteiger partial charge in [0.05, 0.1) is 30.2 Å². The Bertz CT molecular complexity index is 1710. The van der Waals surface area contributed by atoms with Gasteiger partial charge in [-0.15, -0.1) is 0 Å². The average Bonchev–Trinajstić information content (AvgIpc) is 3.50. The largest absolute Gasteiger partial charge is 0.494 e. The molecule has 1 amide bonds. The molecule has 0 unspecified atom stereocenters. The molecule has 2 aromatic heterocycles. The van der Waals surface area contributed by atoms with E-state index >= 15 is 0 Å². The van der Waals surface area contributed by atoms with E-state index in [9.17, 15) is 9.90 Å². The van der Waals surface area contributed by atoms with Crippen molar-refractivity contribution < 1.29 is 14.6 Å². The highest BCUT2D eigenvalue weighted by Gasteiger charge is 2.14. The molecule has 41 heavy (non-hydrogen) atoms. The summed E-state index contributed by atoms with van der Waals surface area (Å²) in [6.07, 6.45) is 2.42. The van der Waals surface area contributed by atoms with Crippen LogP contribution in [0.1, 0.15) is 32.9 Å². The van der Waals surface area contributed by atoms with Gasteiger partial charge in [0.1, 0.15) is 5.69 Å². The Kier molecular flexibility index (Phi) is 7.26. The molecule has 1 aliphatic rings. The molecular formula is C32H32N6O3. The second-order valence-electron chi connectivity index (χ2n) is 10.3. The van der Waals surface area contributed by atoms with Gasteiger partial charge in [-0.3, -0.25) is 14.5 Å². The van der Waals surface area contributed by atoms with Crippen LogP contribution in [0.15, 0.2) is 77.8 Å². The van der Waals surface area contributed by atoms with Gasteiger partial charge in [0.25, 0.3) is 5.91 Å². The van der Waals surface area contributed by atoms with Crippen molar-refractivity contribution in [1.82, 2.24) is 14.8 Å². The fourth-order valence-corrected chi connectivity index (χ4v) is 5.16. The zero-order chi connectivity index (χ0) is 28.3. The molecule has 0 atom stereocenters. The van der Waals surface area contributed by atoms with E-state index in [0.717, 1.165) is 71.1 Å². The molecule has 0 radical (unpaired) electrons. The fourth-order valence-electron chi connectivity index (χ4n) is 5.16. The number of carbonyl (C=O) groups excluding carboxylic acids is 1. The molecule has 5 aromatic rings. The van der Waals surface area contributed by atoms with E-state index in [1.165, 1.54) is 0 Å². The van der Waals surface area contributed by atoms with Crippen LogP contribution < -0.4 is 10.2 Å². The maximum absolute atomic E-state index is 12.6. The highest BCUT2D eigenvalue weighted by atomic mass is 16.5. The van der Waals surface area contributed by atoms with Gasteiger partial charge >= 0.3 is 0 Å². The number of carbonyl (C=O) groups is 1. The van der Waals surface area contributed by atoms with Crippen LogP contribution >= 0.6 is 0 Å². The Labute approximate surface area is 238 Å². The van der Waals surface area contributed by atoms with Crippen LogP contribution in [0.4, 0.5) is 17.1 Å². The topological polar surface area (TPSA) is 108 Å². The number of hydrogen-bond acceptors (Lipinski definition) is 6. The zero-order valence-corrected chi connectivity index (χ0v) is 23.1. The van der Waals surface area contributed by atoms with Gasteiger partial charge in [-0.05, 0) is 79.1 Å². The van der Waals surface area contributed by atoms with E-state index in [0.29, 0.717) is 17.7 Å². The van der Waals surface area contributed by atoms with E-state index in [2.05, 4.69) is 43.5 Å². The molecule has 208 valence electrons. The average molecular weight is 549 g/mol. The summed E-state index contributed by atoms with van der Waals surface area (Å²) in [5, 5.41) is 18.7. The maximum Gasteiger partial charge on any atom is 0.273 e. The Morgan fingerprint density at radius 3 is 2.49 bits per heavy atom. The van der Waals surface area contributed by atoms with E-state index in [1.54, 1.807) is 24.0 Å². The van der Waals surface area contributed by atoms with Crippen molar-refractivity contribution in [2.75, 3.05) is 36.5 Å². The maximum atomic E-state index is 12.6. The van der Waals surface area contributed by atoms with E-state index in [4.69, 9.17) is 4.74 Å². The van der Waals surface area contributed by atoms with E-state index in [1.807, 2.05) is 55.5 Å². The molecule has 0 bridgehead atoms. The van der Waals surface area contributed by atoms with Gasteiger partial charge in [-0.1, -0.05) is 18.2 Å². The van der Waals surface area contributed by atoms with Crippen LogP contribution in [-0.2, 0) is 18.2 Å². The predicted octanol–water partition coefficient (Wildman–Crippen LogP) is 5.35. The number of aryl methyl sites for hydroxylation is 2. The first-order valence-electron chi connectivity index (χ1n) is 13.6. The number of ether oxygens (including phenoxy) is 1. The molecule has 9 heteroatoms. The SMILES string of the molecule is Cc1cc(C(=O)Nc2ccc(Cc3ccc4[nH]c(O)c(C=Nc5ccc(N6CCOCC6)cc5)c4c3)cc2)n(C)n1. The first-order valence-corrected chi connectivity index (χ1v) is 13.6. The smallest absolute Gasteiger partial charge is 0.273 e. The Balaban J connectivity index is 1.15. The van der Waals surface area contributed by atoms with Crippen molar-refractivity contribution in [1.29, 1.82) is 0 Å². The zero-order valence-electron chi connectivity index (χ0n) is 23.1. The lowest BCUT2D eigenvalue weighted by Gasteiger charge is -2.28. The predicted molar refractivity (Wildman–Crippen MR) is 162 cm³/mol. The summed E-state index contributed by atoms with van der Waals surface area (Å²) in [5.74, 6) is -0.102. The number of aromatic hydroxyl groups is 1. The number of nitrogens with zero attached hydrogens (tertiary/aromatic N) is 4. The van der Waals surface area contributed by atoms with Gasteiger partial charge in [0.15, 0.2) is 5.88 Å². The number of rotatable bonds is 7. The quantitative estimate of drug-likeness (QED) is 0.238. The third kappa shape index (κ3) is 5.85. The number of anilines is 2. The number of nitrogens with one attached hydrogen (secondary N) is 2. The van der Waals surface area contributed by atoms with Crippen molar-refractivity contribution in [2.24, 2.45) is 12.0 Å². The lowest BCUT2D eigenvalue weighted by Crippen LogP contribution is -2.36. The minimum absolute atomic E-state index is 0.0922. The summed E-state index contributed by atoms with van der Waals surface area (Å²) >= 11 is 0. The van der Waals surface area contributed by atoms with Crippen LogP contribution in [-0.4, -0.2) is 58.3 Å². The summed E-state index contributed by atoms with van der Waals surface area (Å²) < 4.78 is 7.02. The number of morpholine rings is 1. The summed E-state index contributed by atoms with van der Waals surface area (Å²) in [5.41, 5.74) is 7.72. The number of H-pyrrole nitrogens is 1. The molecule has 6 rings (SSSR count). The number of amides is 1. The molecule has 0 aliphatic carbocycles. The normalized spacial score (nSPS) is 13.8. The molecular weight excluding hydrogens is 516 g/mol. The number of benzene rings is 3. The molecule has 3 aromatic carbocycles. The summed E-state index contributed by atoms with van der Waals surface area (Å²) in [4.78, 5) is 22.6. The monoisotopic (exact) mass is 548 g/mol. The lowest BCUT2D eigenvalue weighted by molar-refractivity contribution is 0.101. The van der Waals surface area contributed by atoms with E-state index in [-0.39, 0.29) is 11.8 Å². The van der Waals surface area contributed by atoms with Gasteiger partial charge in [0.2, 0.25) is 0 Å². The number of aliphatic imine (C=N–C) groups is 1. The Morgan fingerprint density at radius 2 is 1.78 bits per heavy atom. The van der Waals surface area contributed by atoms with Crippen LogP contribution in [0, 0.1) is 6.92 Å². The molecule has 0 saturated carbocycles. The lowest BCUT2D eigenvalue weighted by atomic mass is 10.0. The van der Waals surface area contributed by atoms with Crippen molar-refractivity contribution in [2.45, 2.75) is 13.3 Å². The minimum atomic E-state index is -0.194. The van der Waals surface area contributed by atoms with Crippen molar-refractivity contribution in [3.05, 3.63) is 101 Å². The van der Waals surface area contributed by atoms with Crippen molar-refractivity contribution >= 4 is 40.1 Å². The van der Waals surface area contributed by atoms with Gasteiger partial charge in [-0.2, -0.15) is 5.10 Å². The highest BCUT2D eigenvalue weighted by Crippen LogP contribution is 2.29. The van der Waals surface area contributed by atoms with Crippen LogP contribution in [0.25, 0.3) is 10.9 Å². The molecule has 3 heterocycles. The van der Waals surface area contributed by atoms with Crippen LogP contribution in [0.2, 0.25) is 0 Å². The fraction of sp³-hybridized carbons (Fsp3) is 0.219. The van der Waals surface area contributed by atoms with E-state index < -0.39 is 0 Å². The standard InChI is InChI=1S/C32H32N6O3/c1-21-17-30(37(2)36-21)32(40)34-25-6-3-22(4-7-25)18-23-5-12-29-27(19-23)28(31(39)35-29)20-33-24-8-10-26(11-9-24)38-13-15-41-16-14-38/h3-12,17,19-20,35,39H,13-16,18H2,1-2H3,(H,34,40). The molecule has 3 N–H and O–H groups in total. The Hall–Kier alpha value is -4.89. The Morgan fingerprint density at radius 1 is 1.05 bits per heavy atom. The summed E-state index contributed by atoms with van der Waals surface area (Å²) in [6, 6.07) is 23.8. The van der Waals surface area contributed by atoms with Crippen molar-refractivity contribution in [3.63, 3.8) is 0 Å². The van der Waals surface area contributed by atoms with Gasteiger partial charge in [0, 0.05) is 48.6 Å². The van der Waals surface area contributed by atoms with Gasteiger partial charge in [-0.25, -0.2) is 0 Å². The molecule has 9 nitrogen and oxygen atoms in total. The number of aromatic amines is 1. The summed E-state index contributed by atoms with van der Waals surface area (Å²) in [6.45, 7) is 5.13. The van der Waals surface area contributed by atoms with Crippen molar-refractivity contribution in [3.8, 4) is 5.88 Å². The minimum Gasteiger partial charge on any atom is -0.494 e. The number of aromatic nitrogens is 3. The third-order valence-corrected chi connectivity index (χ3v) is 7.31. The summed E-state index contributed by atoms with van der Waals surface area (Å²) in [7, 11) is 1.76. The van der Waals surface area contributed by atoms with Gasteiger partial charge < -0.3 is 25.0 Å². The first-order chi connectivity index (χ1) is 19.9. The molecule has 1 aliphatic heterocycles. The molecule has 0 spiro atoms. The highest BCUT2D eigenvalue weighted by molar-refractivity contribution is 6.03. The number of hydrogen-bond donors (Lipinski definition) is 3. The molecule has 1 saturated heterocycles. The second kappa shape index (κ2) is 11.3. The van der Waals surface area contributed by atoms with Crippen LogP contribution in [0.5, 0.6) is 5.88 Å². The number of fused-ring (bicyclic) bond motifs is 1. The first kappa shape index (κ1) is 26.3. The molecule has 1 fully saturated rings. The second-order valence-corrected chi connectivity index (χ2v) is 10.3.